The van der Waals surface area contributed by atoms with Crippen molar-refractivity contribution < 1.29 is 0 Å². The van der Waals surface area contributed by atoms with Crippen LogP contribution in [0.1, 0.15) is 11.1 Å². The van der Waals surface area contributed by atoms with Crippen LogP contribution in [0.5, 0.6) is 0 Å². The Morgan fingerprint density at radius 1 is 0.341 bits per heavy atom. The summed E-state index contributed by atoms with van der Waals surface area (Å²) in [5.41, 5.74) is 5.88. The lowest BCUT2D eigenvalue weighted by Crippen LogP contribution is -2.10. The molecule has 0 aliphatic carbocycles. The summed E-state index contributed by atoms with van der Waals surface area (Å²) in [5.74, 6) is 0. The van der Waals surface area contributed by atoms with Gasteiger partial charge < -0.3 is 4.90 Å². The van der Waals surface area contributed by atoms with Crippen molar-refractivity contribution in [2.75, 3.05) is 4.90 Å². The van der Waals surface area contributed by atoms with E-state index < -0.39 is 0 Å². The number of para-hydroxylation sites is 2. The monoisotopic (exact) mass is 521 g/mol. The Kier molecular flexibility index (Phi) is 5.53. The topological polar surface area (TPSA) is 3.24 Å². The van der Waals surface area contributed by atoms with Crippen molar-refractivity contribution in [3.05, 3.63) is 163 Å². The van der Waals surface area contributed by atoms with Gasteiger partial charge in [-0.1, -0.05) is 133 Å². The normalized spacial score (nSPS) is 11.8. The average molecular weight is 522 g/mol. The second-order valence-corrected chi connectivity index (χ2v) is 10.6. The van der Waals surface area contributed by atoms with Crippen molar-refractivity contribution in [1.29, 1.82) is 0 Å². The van der Waals surface area contributed by atoms with Gasteiger partial charge in [-0.3, -0.25) is 0 Å². The third kappa shape index (κ3) is 3.94. The number of nitrogens with zero attached hydrogens (tertiary/aromatic N) is 1. The molecular weight excluding hydrogens is 494 g/mol. The van der Waals surface area contributed by atoms with Crippen molar-refractivity contribution in [2.24, 2.45) is 0 Å². The molecular formula is C40H27N. The van der Waals surface area contributed by atoms with E-state index in [1.807, 2.05) is 0 Å². The second-order valence-electron chi connectivity index (χ2n) is 10.6. The minimum Gasteiger partial charge on any atom is -0.310 e. The van der Waals surface area contributed by atoms with E-state index >= 15 is 0 Å². The lowest BCUT2D eigenvalue weighted by atomic mass is 9.91. The van der Waals surface area contributed by atoms with E-state index in [0.717, 1.165) is 17.1 Å². The molecule has 0 spiro atoms. The molecule has 0 saturated heterocycles. The summed E-state index contributed by atoms with van der Waals surface area (Å²) in [4.78, 5) is 2.34. The van der Waals surface area contributed by atoms with E-state index in [4.69, 9.17) is 0 Å². The van der Waals surface area contributed by atoms with Crippen molar-refractivity contribution in [3.8, 4) is 0 Å². The predicted octanol–water partition coefficient (Wildman–Crippen LogP) is 11.4. The zero-order chi connectivity index (χ0) is 27.2. The summed E-state index contributed by atoms with van der Waals surface area (Å²) < 4.78 is 0. The highest BCUT2D eigenvalue weighted by molar-refractivity contribution is 6.24. The lowest BCUT2D eigenvalue weighted by molar-refractivity contribution is 1.30. The third-order valence-corrected chi connectivity index (χ3v) is 8.21. The highest BCUT2D eigenvalue weighted by Crippen LogP contribution is 2.40. The van der Waals surface area contributed by atoms with Gasteiger partial charge in [0.1, 0.15) is 0 Å². The van der Waals surface area contributed by atoms with Gasteiger partial charge in [0.2, 0.25) is 0 Å². The largest absolute Gasteiger partial charge is 0.310 e. The van der Waals surface area contributed by atoms with E-state index in [1.165, 1.54) is 54.2 Å². The summed E-state index contributed by atoms with van der Waals surface area (Å²) in [6.45, 7) is 0. The summed E-state index contributed by atoms with van der Waals surface area (Å²) in [6, 6.07) is 54.6. The van der Waals surface area contributed by atoms with Crippen LogP contribution in [0.25, 0.3) is 55.2 Å². The number of fused-ring (bicyclic) bond motifs is 1. The molecule has 8 rings (SSSR count). The number of anilines is 3. The maximum atomic E-state index is 2.34. The molecule has 0 saturated carbocycles. The Morgan fingerprint density at radius 3 is 1.54 bits per heavy atom. The fraction of sp³-hybridized carbons (Fsp3) is 0. The SMILES string of the molecule is C(=Cc1ccc2ccc3cccc4ccc1c2c34)c1ccc(N(c2ccccc2)c2ccccc2)c2ccccc12. The molecule has 0 fully saturated rings. The maximum absolute atomic E-state index is 2.34. The summed E-state index contributed by atoms with van der Waals surface area (Å²) in [7, 11) is 0. The molecule has 0 N–H and O–H groups in total. The molecule has 0 aliphatic heterocycles. The number of benzene rings is 8. The van der Waals surface area contributed by atoms with Gasteiger partial charge in [0.05, 0.1) is 5.69 Å². The predicted molar refractivity (Wildman–Crippen MR) is 178 cm³/mol. The minimum absolute atomic E-state index is 1.14. The second kappa shape index (κ2) is 9.66. The molecule has 8 aromatic carbocycles. The van der Waals surface area contributed by atoms with Crippen LogP contribution in [-0.4, -0.2) is 0 Å². The molecule has 1 heteroatoms. The zero-order valence-electron chi connectivity index (χ0n) is 22.5. The summed E-state index contributed by atoms with van der Waals surface area (Å²) in [6.07, 6.45) is 4.55. The fourth-order valence-electron chi connectivity index (χ4n) is 6.31. The number of rotatable bonds is 5. The number of hydrogen-bond acceptors (Lipinski definition) is 1. The van der Waals surface area contributed by atoms with E-state index in [2.05, 4.69) is 169 Å². The van der Waals surface area contributed by atoms with Crippen LogP contribution in [0.4, 0.5) is 17.1 Å². The van der Waals surface area contributed by atoms with Crippen molar-refractivity contribution in [3.63, 3.8) is 0 Å². The summed E-state index contributed by atoms with van der Waals surface area (Å²) in [5, 5.41) is 10.3. The first-order valence-corrected chi connectivity index (χ1v) is 14.1. The van der Waals surface area contributed by atoms with E-state index in [1.54, 1.807) is 0 Å². The van der Waals surface area contributed by atoms with E-state index in [-0.39, 0.29) is 0 Å². The number of hydrogen-bond donors (Lipinski definition) is 0. The van der Waals surface area contributed by atoms with Gasteiger partial charge in [0.15, 0.2) is 0 Å². The molecule has 0 radical (unpaired) electrons. The van der Waals surface area contributed by atoms with E-state index in [0.29, 0.717) is 0 Å². The van der Waals surface area contributed by atoms with Gasteiger partial charge in [-0.25, -0.2) is 0 Å². The van der Waals surface area contributed by atoms with Crippen molar-refractivity contribution in [1.82, 2.24) is 0 Å². The van der Waals surface area contributed by atoms with Crippen LogP contribution in [0.3, 0.4) is 0 Å². The first kappa shape index (κ1) is 23.5. The smallest absolute Gasteiger partial charge is 0.0540 e. The Balaban J connectivity index is 1.28. The molecule has 0 atom stereocenters. The highest BCUT2D eigenvalue weighted by Gasteiger charge is 2.16. The van der Waals surface area contributed by atoms with Gasteiger partial charge in [0.25, 0.3) is 0 Å². The minimum atomic E-state index is 1.14. The Labute approximate surface area is 239 Å². The van der Waals surface area contributed by atoms with Crippen molar-refractivity contribution >= 4 is 72.3 Å². The Bertz CT molecular complexity index is 2140. The average Bonchev–Trinajstić information content (AvgIpc) is 3.04. The van der Waals surface area contributed by atoms with Crippen LogP contribution < -0.4 is 4.90 Å². The summed E-state index contributed by atoms with van der Waals surface area (Å²) >= 11 is 0. The van der Waals surface area contributed by atoms with Gasteiger partial charge in [-0.2, -0.15) is 0 Å². The van der Waals surface area contributed by atoms with E-state index in [9.17, 15) is 0 Å². The lowest BCUT2D eigenvalue weighted by Gasteiger charge is -2.27. The third-order valence-electron chi connectivity index (χ3n) is 8.21. The molecule has 1 nitrogen and oxygen atoms in total. The Morgan fingerprint density at radius 2 is 0.854 bits per heavy atom. The molecule has 0 aromatic heterocycles. The van der Waals surface area contributed by atoms with Crippen LogP contribution in [0.15, 0.2) is 152 Å². The van der Waals surface area contributed by atoms with Crippen LogP contribution in [-0.2, 0) is 0 Å². The van der Waals surface area contributed by atoms with Gasteiger partial charge in [-0.05, 0) is 79.2 Å². The molecule has 8 aromatic rings. The maximum Gasteiger partial charge on any atom is 0.0540 e. The fourth-order valence-corrected chi connectivity index (χ4v) is 6.31. The van der Waals surface area contributed by atoms with Crippen LogP contribution in [0, 0.1) is 0 Å². The van der Waals surface area contributed by atoms with Gasteiger partial charge in [-0.15, -0.1) is 0 Å². The van der Waals surface area contributed by atoms with Gasteiger partial charge in [0, 0.05) is 16.8 Å². The van der Waals surface area contributed by atoms with Gasteiger partial charge >= 0.3 is 0 Å². The molecule has 0 aliphatic rings. The molecule has 0 bridgehead atoms. The van der Waals surface area contributed by atoms with Crippen LogP contribution in [0.2, 0.25) is 0 Å². The van der Waals surface area contributed by atoms with Crippen LogP contribution >= 0.6 is 0 Å². The first-order valence-electron chi connectivity index (χ1n) is 14.1. The quantitative estimate of drug-likeness (QED) is 0.161. The Hall–Kier alpha value is -5.40. The highest BCUT2D eigenvalue weighted by atomic mass is 15.1. The molecule has 0 amide bonds. The molecule has 192 valence electrons. The molecule has 0 heterocycles. The first-order chi connectivity index (χ1) is 20.3. The molecule has 0 unspecified atom stereocenters. The zero-order valence-corrected chi connectivity index (χ0v) is 22.5. The molecule has 41 heavy (non-hydrogen) atoms. The van der Waals surface area contributed by atoms with Crippen molar-refractivity contribution in [2.45, 2.75) is 0 Å². The standard InChI is InChI=1S/C40H27N/c1-3-12-33(13-4-1)41(34-14-5-2-6-15-34)38-27-25-28(35-16-7-8-17-37(35)38)18-19-29-20-21-32-23-22-30-10-9-11-31-24-26-36(29)40(32)39(30)31/h1-27H.